The van der Waals surface area contributed by atoms with Gasteiger partial charge in [-0.3, -0.25) is 9.69 Å². The van der Waals surface area contributed by atoms with Gasteiger partial charge in [-0.25, -0.2) is 0 Å². The van der Waals surface area contributed by atoms with E-state index in [1.165, 1.54) is 4.88 Å². The molecule has 5 heteroatoms. The van der Waals surface area contributed by atoms with Crippen molar-refractivity contribution in [1.82, 2.24) is 4.90 Å². The second-order valence-corrected chi connectivity index (χ2v) is 6.90. The van der Waals surface area contributed by atoms with Gasteiger partial charge in [-0.05, 0) is 33.1 Å². The lowest BCUT2D eigenvalue weighted by Gasteiger charge is -2.32. The number of rotatable bonds is 3. The predicted molar refractivity (Wildman–Crippen MR) is 83.0 cm³/mol. The number of thiophene rings is 1. The van der Waals surface area contributed by atoms with Crippen LogP contribution in [0.15, 0.2) is 40.2 Å². The van der Waals surface area contributed by atoms with Gasteiger partial charge in [-0.15, -0.1) is 11.3 Å². The minimum Gasteiger partial charge on any atom is -0.481 e. The van der Waals surface area contributed by atoms with Gasteiger partial charge in [0.1, 0.15) is 0 Å². The van der Waals surface area contributed by atoms with Crippen molar-refractivity contribution in [2.45, 2.75) is 19.0 Å². The first-order chi connectivity index (χ1) is 9.63. The molecule has 104 valence electrons. The van der Waals surface area contributed by atoms with Crippen molar-refractivity contribution < 1.29 is 9.90 Å². The van der Waals surface area contributed by atoms with Crippen LogP contribution in [0.4, 0.5) is 0 Å². The van der Waals surface area contributed by atoms with E-state index >= 15 is 0 Å². The summed E-state index contributed by atoms with van der Waals surface area (Å²) in [6.45, 7) is 2.19. The highest BCUT2D eigenvalue weighted by atomic mass is 79.9. The van der Waals surface area contributed by atoms with Crippen LogP contribution in [0.1, 0.15) is 21.9 Å². The molecule has 1 aliphatic rings. The van der Waals surface area contributed by atoms with Gasteiger partial charge in [0.2, 0.25) is 0 Å². The van der Waals surface area contributed by atoms with Crippen molar-refractivity contribution in [3.8, 4) is 0 Å². The molecule has 0 radical (unpaired) electrons. The number of hydrogen-bond donors (Lipinski definition) is 1. The van der Waals surface area contributed by atoms with E-state index < -0.39 is 11.9 Å². The molecule has 0 aliphatic carbocycles. The lowest BCUT2D eigenvalue weighted by atomic mass is 9.90. The minimum absolute atomic E-state index is 0.427. The molecule has 1 aromatic carbocycles. The summed E-state index contributed by atoms with van der Waals surface area (Å²) in [6.07, 6.45) is 0. The van der Waals surface area contributed by atoms with Crippen LogP contribution in [-0.4, -0.2) is 22.5 Å². The van der Waals surface area contributed by atoms with Gasteiger partial charge in [0.15, 0.2) is 0 Å². The van der Waals surface area contributed by atoms with E-state index in [2.05, 4.69) is 32.3 Å². The van der Waals surface area contributed by atoms with Gasteiger partial charge in [0.05, 0.1) is 5.92 Å². The average molecular weight is 352 g/mol. The molecule has 0 fully saturated rings. The quantitative estimate of drug-likeness (QED) is 0.916. The first kappa shape index (κ1) is 13.8. The van der Waals surface area contributed by atoms with Crippen molar-refractivity contribution in [2.24, 2.45) is 0 Å². The predicted octanol–water partition coefficient (Wildman–Crippen LogP) is 3.69. The number of aliphatic carboxylic acids is 1. The van der Waals surface area contributed by atoms with Crippen LogP contribution in [0.3, 0.4) is 0 Å². The first-order valence-electron chi connectivity index (χ1n) is 6.39. The summed E-state index contributed by atoms with van der Waals surface area (Å²) in [5.74, 6) is -1.17. The number of nitrogens with zero attached hydrogens (tertiary/aromatic N) is 1. The molecule has 0 spiro atoms. The van der Waals surface area contributed by atoms with Gasteiger partial charge < -0.3 is 5.11 Å². The summed E-state index contributed by atoms with van der Waals surface area (Å²) in [5.41, 5.74) is 2.09. The molecule has 1 unspecified atom stereocenters. The van der Waals surface area contributed by atoms with Crippen LogP contribution in [0, 0.1) is 0 Å². The van der Waals surface area contributed by atoms with E-state index in [1.807, 2.05) is 24.3 Å². The minimum atomic E-state index is -0.741. The summed E-state index contributed by atoms with van der Waals surface area (Å²) >= 11 is 5.15. The first-order valence-corrected chi connectivity index (χ1v) is 8.06. The van der Waals surface area contributed by atoms with E-state index in [1.54, 1.807) is 11.3 Å². The molecule has 0 saturated heterocycles. The van der Waals surface area contributed by atoms with E-state index in [9.17, 15) is 9.90 Å². The molecule has 2 aromatic rings. The average Bonchev–Trinajstić information content (AvgIpc) is 2.83. The number of carbonyl (C=O) groups is 1. The number of carboxylic acid groups (broad SMARTS) is 1. The maximum atomic E-state index is 11.5. The molecule has 3 rings (SSSR count). The van der Waals surface area contributed by atoms with Crippen molar-refractivity contribution in [2.75, 3.05) is 6.54 Å². The number of halogens is 1. The van der Waals surface area contributed by atoms with Gasteiger partial charge in [-0.1, -0.05) is 24.3 Å². The van der Waals surface area contributed by atoms with Gasteiger partial charge in [-0.2, -0.15) is 0 Å². The fourth-order valence-corrected chi connectivity index (χ4v) is 4.16. The van der Waals surface area contributed by atoms with Gasteiger partial charge in [0.25, 0.3) is 0 Å². The Morgan fingerprint density at radius 3 is 2.95 bits per heavy atom. The Morgan fingerprint density at radius 1 is 1.45 bits per heavy atom. The third-order valence-electron chi connectivity index (χ3n) is 3.56. The summed E-state index contributed by atoms with van der Waals surface area (Å²) in [5, 5.41) is 11.5. The van der Waals surface area contributed by atoms with Crippen LogP contribution in [0.5, 0.6) is 0 Å². The van der Waals surface area contributed by atoms with Crippen LogP contribution in [0.2, 0.25) is 0 Å². The molecule has 2 heterocycles. The van der Waals surface area contributed by atoms with Crippen LogP contribution in [-0.2, 0) is 17.9 Å². The molecule has 1 atom stereocenters. The highest BCUT2D eigenvalue weighted by Crippen LogP contribution is 2.30. The summed E-state index contributed by atoms with van der Waals surface area (Å²) in [7, 11) is 0. The highest BCUT2D eigenvalue weighted by molar-refractivity contribution is 9.10. The second-order valence-electron chi connectivity index (χ2n) is 4.99. The monoisotopic (exact) mass is 351 g/mol. The molecule has 0 bridgehead atoms. The molecular formula is C15H14BrNO2S. The lowest BCUT2D eigenvalue weighted by molar-refractivity contribution is -0.139. The maximum absolute atomic E-state index is 11.5. The molecule has 1 aromatic heterocycles. The van der Waals surface area contributed by atoms with Gasteiger partial charge >= 0.3 is 5.97 Å². The van der Waals surface area contributed by atoms with Crippen LogP contribution in [0.25, 0.3) is 0 Å². The third-order valence-corrected chi connectivity index (χ3v) is 5.25. The van der Waals surface area contributed by atoms with Crippen molar-refractivity contribution >= 4 is 33.2 Å². The number of benzene rings is 1. The molecular weight excluding hydrogens is 338 g/mol. The SMILES string of the molecule is O=C(O)C1CN(Cc2cc(Br)cs2)Cc2ccccc21. The summed E-state index contributed by atoms with van der Waals surface area (Å²) in [4.78, 5) is 14.9. The lowest BCUT2D eigenvalue weighted by Crippen LogP contribution is -2.36. The van der Waals surface area contributed by atoms with E-state index in [0.717, 1.165) is 28.7 Å². The molecule has 0 saturated carbocycles. The Bertz CT molecular complexity index is 640. The summed E-state index contributed by atoms with van der Waals surface area (Å²) < 4.78 is 1.09. The number of hydrogen-bond acceptors (Lipinski definition) is 3. The Kier molecular flexibility index (Phi) is 3.92. The fourth-order valence-electron chi connectivity index (χ4n) is 2.67. The van der Waals surface area contributed by atoms with Crippen molar-refractivity contribution in [3.63, 3.8) is 0 Å². The number of fused-ring (bicyclic) bond motifs is 1. The molecule has 1 aliphatic heterocycles. The van der Waals surface area contributed by atoms with Crippen molar-refractivity contribution in [3.05, 3.63) is 56.2 Å². The second kappa shape index (κ2) is 5.68. The smallest absolute Gasteiger partial charge is 0.312 e. The molecule has 1 N–H and O–H groups in total. The van der Waals surface area contributed by atoms with Crippen LogP contribution < -0.4 is 0 Å². The molecule has 0 amide bonds. The molecule has 3 nitrogen and oxygen atoms in total. The Hall–Kier alpha value is -1.17. The molecule has 20 heavy (non-hydrogen) atoms. The Morgan fingerprint density at radius 2 is 2.25 bits per heavy atom. The normalized spacial score (nSPS) is 18.8. The van der Waals surface area contributed by atoms with Crippen LogP contribution >= 0.6 is 27.3 Å². The largest absolute Gasteiger partial charge is 0.481 e. The fraction of sp³-hybridized carbons (Fsp3) is 0.267. The van der Waals surface area contributed by atoms with Crippen molar-refractivity contribution in [1.29, 1.82) is 0 Å². The Balaban J connectivity index is 1.84. The zero-order chi connectivity index (χ0) is 14.1. The van der Waals surface area contributed by atoms with E-state index in [4.69, 9.17) is 0 Å². The Labute approximate surface area is 130 Å². The zero-order valence-electron chi connectivity index (χ0n) is 10.8. The standard InChI is InChI=1S/C15H14BrNO2S/c16-11-5-12(20-9-11)7-17-6-10-3-1-2-4-13(10)14(8-17)15(18)19/h1-5,9,14H,6-8H2,(H,18,19). The zero-order valence-corrected chi connectivity index (χ0v) is 13.2. The summed E-state index contributed by atoms with van der Waals surface area (Å²) in [6, 6.07) is 9.96. The number of carboxylic acids is 1. The third kappa shape index (κ3) is 2.80. The highest BCUT2D eigenvalue weighted by Gasteiger charge is 2.30. The van der Waals surface area contributed by atoms with E-state index in [-0.39, 0.29) is 0 Å². The maximum Gasteiger partial charge on any atom is 0.312 e. The topological polar surface area (TPSA) is 40.5 Å². The van der Waals surface area contributed by atoms with E-state index in [0.29, 0.717) is 6.54 Å². The van der Waals surface area contributed by atoms with Gasteiger partial charge in [0, 0.05) is 34.4 Å².